The van der Waals surface area contributed by atoms with Crippen LogP contribution >= 0.6 is 0 Å². The molecule has 1 aromatic rings. The lowest BCUT2D eigenvalue weighted by Gasteiger charge is -2.12. The van der Waals surface area contributed by atoms with Gasteiger partial charge in [-0.2, -0.15) is 18.3 Å². The molecular formula is C11H11F3N4O4. The minimum absolute atomic E-state index is 0.170. The van der Waals surface area contributed by atoms with Crippen molar-refractivity contribution in [3.8, 4) is 0 Å². The fraction of sp³-hybridized carbons (Fsp3) is 0.455. The van der Waals surface area contributed by atoms with Gasteiger partial charge in [0.1, 0.15) is 6.54 Å². The molecule has 1 aromatic heterocycles. The number of nitrogens with one attached hydrogen (secondary N) is 1. The molecule has 1 aliphatic rings. The van der Waals surface area contributed by atoms with Crippen LogP contribution in [0.25, 0.3) is 0 Å². The van der Waals surface area contributed by atoms with E-state index in [1.54, 1.807) is 0 Å². The average molecular weight is 320 g/mol. The number of aromatic nitrogens is 2. The maximum absolute atomic E-state index is 12.3. The van der Waals surface area contributed by atoms with Gasteiger partial charge >= 0.3 is 18.2 Å². The highest BCUT2D eigenvalue weighted by Crippen LogP contribution is 2.27. The first kappa shape index (κ1) is 15.8. The van der Waals surface area contributed by atoms with Gasteiger partial charge in [-0.15, -0.1) is 0 Å². The molecule has 0 spiro atoms. The Balaban J connectivity index is 1.82. The van der Waals surface area contributed by atoms with Gasteiger partial charge in [0.05, 0.1) is 0 Å². The van der Waals surface area contributed by atoms with E-state index in [4.69, 9.17) is 0 Å². The summed E-state index contributed by atoms with van der Waals surface area (Å²) in [5.41, 5.74) is -1.13. The van der Waals surface area contributed by atoms with Crippen LogP contribution in [0.3, 0.4) is 0 Å². The Morgan fingerprint density at radius 3 is 2.68 bits per heavy atom. The number of esters is 1. The average Bonchev–Trinajstić information content (AvgIpc) is 3.04. The number of nitrogens with zero attached hydrogens (tertiary/aromatic N) is 3. The van der Waals surface area contributed by atoms with Gasteiger partial charge in [-0.05, 0) is 6.07 Å². The number of carbonyl (C=O) groups excluding carboxylic acids is 3. The first-order valence-corrected chi connectivity index (χ1v) is 6.12. The van der Waals surface area contributed by atoms with Gasteiger partial charge in [0.15, 0.2) is 12.3 Å². The summed E-state index contributed by atoms with van der Waals surface area (Å²) in [6, 6.07) is 0.135. The van der Waals surface area contributed by atoms with Crippen LogP contribution in [0.1, 0.15) is 5.69 Å². The van der Waals surface area contributed by atoms with Crippen LogP contribution < -0.4 is 5.32 Å². The Kier molecular flexibility index (Phi) is 4.33. The van der Waals surface area contributed by atoms with Crippen LogP contribution in [0, 0.1) is 0 Å². The summed E-state index contributed by atoms with van der Waals surface area (Å²) in [5, 5.41) is 5.57. The van der Waals surface area contributed by atoms with Crippen molar-refractivity contribution >= 4 is 17.9 Å². The Bertz CT molecular complexity index is 598. The SMILES string of the molecule is O=C(Cn1ccc(C(F)(F)F)n1)OCC(=O)N1CCNC1=O. The molecule has 1 N–H and O–H groups in total. The number of alkyl halides is 3. The number of rotatable bonds is 4. The molecule has 0 unspecified atom stereocenters. The van der Waals surface area contributed by atoms with Crippen molar-refractivity contribution < 1.29 is 32.3 Å². The van der Waals surface area contributed by atoms with Crippen LogP contribution in [-0.4, -0.2) is 52.3 Å². The highest BCUT2D eigenvalue weighted by molar-refractivity contribution is 5.96. The van der Waals surface area contributed by atoms with Crippen LogP contribution in [0.15, 0.2) is 12.3 Å². The summed E-state index contributed by atoms with van der Waals surface area (Å²) in [4.78, 5) is 35.1. The van der Waals surface area contributed by atoms with E-state index < -0.39 is 42.9 Å². The zero-order valence-corrected chi connectivity index (χ0v) is 11.1. The lowest BCUT2D eigenvalue weighted by Crippen LogP contribution is -2.37. The minimum Gasteiger partial charge on any atom is -0.454 e. The first-order valence-electron chi connectivity index (χ1n) is 6.12. The van der Waals surface area contributed by atoms with E-state index in [0.717, 1.165) is 15.8 Å². The zero-order chi connectivity index (χ0) is 16.3. The topological polar surface area (TPSA) is 93.5 Å². The predicted octanol–water partition coefficient (Wildman–Crippen LogP) is -0.00310. The van der Waals surface area contributed by atoms with Crippen molar-refractivity contribution in [3.63, 3.8) is 0 Å². The Hall–Kier alpha value is -2.59. The number of carbonyl (C=O) groups is 3. The van der Waals surface area contributed by atoms with E-state index in [9.17, 15) is 27.6 Å². The molecule has 22 heavy (non-hydrogen) atoms. The second kappa shape index (κ2) is 6.03. The Labute approximate surface area is 121 Å². The van der Waals surface area contributed by atoms with Gasteiger partial charge in [-0.1, -0.05) is 0 Å². The molecule has 0 bridgehead atoms. The third-order valence-corrected chi connectivity index (χ3v) is 2.74. The Morgan fingerprint density at radius 2 is 2.14 bits per heavy atom. The van der Waals surface area contributed by atoms with Crippen molar-refractivity contribution in [1.29, 1.82) is 0 Å². The molecule has 0 atom stereocenters. The normalized spacial score (nSPS) is 14.9. The molecule has 120 valence electrons. The summed E-state index contributed by atoms with van der Waals surface area (Å²) in [6.45, 7) is -0.759. The van der Waals surface area contributed by atoms with E-state index in [1.165, 1.54) is 0 Å². The van der Waals surface area contributed by atoms with E-state index >= 15 is 0 Å². The Morgan fingerprint density at radius 1 is 1.41 bits per heavy atom. The van der Waals surface area contributed by atoms with Gasteiger partial charge < -0.3 is 10.1 Å². The number of hydrogen-bond donors (Lipinski definition) is 1. The molecular weight excluding hydrogens is 309 g/mol. The number of imide groups is 1. The first-order chi connectivity index (χ1) is 10.3. The maximum Gasteiger partial charge on any atom is 0.435 e. The standard InChI is InChI=1S/C11H11F3N4O4/c12-11(13,14)7-1-3-17(16-7)5-9(20)22-6-8(19)18-4-2-15-10(18)21/h1,3H,2,4-6H2,(H,15,21). The highest BCUT2D eigenvalue weighted by atomic mass is 19.4. The molecule has 2 rings (SSSR count). The molecule has 0 aliphatic carbocycles. The summed E-state index contributed by atoms with van der Waals surface area (Å²) in [6.07, 6.45) is -3.63. The summed E-state index contributed by atoms with van der Waals surface area (Å²) in [5.74, 6) is -1.65. The zero-order valence-electron chi connectivity index (χ0n) is 11.1. The van der Waals surface area contributed by atoms with Gasteiger partial charge in [-0.25, -0.2) is 4.79 Å². The molecule has 8 nitrogen and oxygen atoms in total. The maximum atomic E-state index is 12.3. The summed E-state index contributed by atoms with van der Waals surface area (Å²) >= 11 is 0. The molecule has 1 saturated heterocycles. The van der Waals surface area contributed by atoms with Gasteiger partial charge in [0.25, 0.3) is 5.91 Å². The molecule has 1 fully saturated rings. The van der Waals surface area contributed by atoms with Gasteiger partial charge in [0, 0.05) is 19.3 Å². The van der Waals surface area contributed by atoms with Gasteiger partial charge in [0.2, 0.25) is 0 Å². The second-order valence-electron chi connectivity index (χ2n) is 4.33. The monoisotopic (exact) mass is 320 g/mol. The van der Waals surface area contributed by atoms with E-state index in [2.05, 4.69) is 15.2 Å². The molecule has 0 radical (unpaired) electrons. The summed E-state index contributed by atoms with van der Waals surface area (Å²) < 4.78 is 42.3. The van der Waals surface area contributed by atoms with Crippen molar-refractivity contribution in [2.45, 2.75) is 12.7 Å². The number of amides is 3. The lowest BCUT2D eigenvalue weighted by atomic mass is 10.4. The number of halogens is 3. The second-order valence-corrected chi connectivity index (χ2v) is 4.33. The van der Waals surface area contributed by atoms with E-state index in [0.29, 0.717) is 12.6 Å². The van der Waals surface area contributed by atoms with E-state index in [1.807, 2.05) is 0 Å². The molecule has 0 aromatic carbocycles. The fourth-order valence-corrected chi connectivity index (χ4v) is 1.71. The van der Waals surface area contributed by atoms with E-state index in [-0.39, 0.29) is 6.54 Å². The number of urea groups is 1. The van der Waals surface area contributed by atoms with Crippen LogP contribution in [0.2, 0.25) is 0 Å². The fourth-order valence-electron chi connectivity index (χ4n) is 1.71. The minimum atomic E-state index is -4.60. The third-order valence-electron chi connectivity index (χ3n) is 2.74. The molecule has 11 heteroatoms. The van der Waals surface area contributed by atoms with Crippen molar-refractivity contribution in [3.05, 3.63) is 18.0 Å². The van der Waals surface area contributed by atoms with Crippen LogP contribution in [0.5, 0.6) is 0 Å². The van der Waals surface area contributed by atoms with Crippen molar-refractivity contribution in [1.82, 2.24) is 20.0 Å². The van der Waals surface area contributed by atoms with Crippen LogP contribution in [0.4, 0.5) is 18.0 Å². The lowest BCUT2D eigenvalue weighted by molar-refractivity contribution is -0.151. The highest BCUT2D eigenvalue weighted by Gasteiger charge is 2.33. The largest absolute Gasteiger partial charge is 0.454 e. The molecule has 1 aliphatic heterocycles. The predicted molar refractivity (Wildman–Crippen MR) is 63.3 cm³/mol. The molecule has 3 amide bonds. The van der Waals surface area contributed by atoms with Crippen molar-refractivity contribution in [2.24, 2.45) is 0 Å². The number of hydrogen-bond acceptors (Lipinski definition) is 5. The third kappa shape index (κ3) is 3.74. The van der Waals surface area contributed by atoms with Crippen LogP contribution in [-0.2, 0) is 27.0 Å². The smallest absolute Gasteiger partial charge is 0.435 e. The quantitative estimate of drug-likeness (QED) is 0.788. The van der Waals surface area contributed by atoms with Gasteiger partial charge in [-0.3, -0.25) is 19.2 Å². The molecule has 2 heterocycles. The van der Waals surface area contributed by atoms with Crippen molar-refractivity contribution in [2.75, 3.05) is 19.7 Å². The number of ether oxygens (including phenoxy) is 1. The summed E-state index contributed by atoms with van der Waals surface area (Å²) in [7, 11) is 0. The molecule has 0 saturated carbocycles.